The van der Waals surface area contributed by atoms with E-state index in [9.17, 15) is 22.8 Å². The first-order valence-electron chi connectivity index (χ1n) is 9.23. The van der Waals surface area contributed by atoms with Crippen LogP contribution < -0.4 is 20.1 Å². The maximum absolute atomic E-state index is 13.0. The number of hydrogen-bond acceptors (Lipinski definition) is 4. The molecule has 9 heteroatoms. The second kappa shape index (κ2) is 7.74. The van der Waals surface area contributed by atoms with Gasteiger partial charge in [-0.3, -0.25) is 9.59 Å². The minimum atomic E-state index is -4.48. The van der Waals surface area contributed by atoms with Crippen molar-refractivity contribution in [2.45, 2.75) is 19.0 Å². The van der Waals surface area contributed by atoms with E-state index >= 15 is 0 Å². The number of carbonyl (C=O) groups excluding carboxylic acids is 2. The van der Waals surface area contributed by atoms with Gasteiger partial charge in [0.1, 0.15) is 5.75 Å². The summed E-state index contributed by atoms with van der Waals surface area (Å²) in [4.78, 5) is 24.1. The maximum atomic E-state index is 13.0. The molecule has 2 aliphatic rings. The van der Waals surface area contributed by atoms with Crippen molar-refractivity contribution in [1.29, 1.82) is 0 Å². The van der Waals surface area contributed by atoms with E-state index in [1.165, 1.54) is 12.1 Å². The number of allylic oxidation sites excluding steroid dienone is 1. The van der Waals surface area contributed by atoms with Crippen LogP contribution in [0.5, 0.6) is 11.5 Å². The van der Waals surface area contributed by atoms with E-state index in [0.29, 0.717) is 41.1 Å². The highest BCUT2D eigenvalue weighted by atomic mass is 19.4. The van der Waals surface area contributed by atoms with E-state index in [1.807, 2.05) is 0 Å². The van der Waals surface area contributed by atoms with Crippen molar-refractivity contribution in [3.05, 3.63) is 53.6 Å². The number of rotatable bonds is 2. The molecule has 156 valence electrons. The van der Waals surface area contributed by atoms with Gasteiger partial charge >= 0.3 is 6.18 Å². The number of carbonyl (C=O) groups is 2. The third-order valence-electron chi connectivity index (χ3n) is 4.70. The monoisotopic (exact) mass is 418 g/mol. The predicted molar refractivity (Wildman–Crippen MR) is 103 cm³/mol. The summed E-state index contributed by atoms with van der Waals surface area (Å²) in [6.07, 6.45) is -2.09. The molecule has 30 heavy (non-hydrogen) atoms. The van der Waals surface area contributed by atoms with Crippen molar-refractivity contribution >= 4 is 28.8 Å². The number of fused-ring (bicyclic) bond motifs is 2. The number of alkyl halides is 3. The Hall–Kier alpha value is -3.49. The van der Waals surface area contributed by atoms with Gasteiger partial charge in [-0.1, -0.05) is 12.1 Å². The number of halogens is 3. The molecule has 0 aromatic heterocycles. The highest BCUT2D eigenvalue weighted by Gasteiger charge is 2.32. The minimum Gasteiger partial charge on any atom is -0.493 e. The van der Waals surface area contributed by atoms with E-state index in [0.717, 1.165) is 12.1 Å². The number of ether oxygens (including phenoxy) is 2. The number of amides is 2. The Bertz CT molecular complexity index is 1050. The highest BCUT2D eigenvalue weighted by molar-refractivity contribution is 6.06. The highest BCUT2D eigenvalue weighted by Crippen LogP contribution is 2.39. The third kappa shape index (κ3) is 4.10. The summed E-state index contributed by atoms with van der Waals surface area (Å²) in [7, 11) is 0. The molecule has 4 rings (SSSR count). The van der Waals surface area contributed by atoms with Crippen LogP contribution in [0.15, 0.2) is 42.5 Å². The van der Waals surface area contributed by atoms with Crippen molar-refractivity contribution < 1.29 is 32.2 Å². The fourth-order valence-electron chi connectivity index (χ4n) is 3.35. The number of anilines is 2. The van der Waals surface area contributed by atoms with Gasteiger partial charge in [-0.2, -0.15) is 13.2 Å². The fourth-order valence-corrected chi connectivity index (χ4v) is 3.35. The lowest BCUT2D eigenvalue weighted by Crippen LogP contribution is -2.26. The second-order valence-electron chi connectivity index (χ2n) is 6.84. The Balaban J connectivity index is 1.61. The van der Waals surface area contributed by atoms with E-state index in [4.69, 9.17) is 9.47 Å². The third-order valence-corrected chi connectivity index (χ3v) is 4.70. The molecule has 0 radical (unpaired) electrons. The average Bonchev–Trinajstić information content (AvgIpc) is 2.89. The van der Waals surface area contributed by atoms with Crippen LogP contribution in [0.25, 0.3) is 5.57 Å². The first-order chi connectivity index (χ1) is 14.3. The maximum Gasteiger partial charge on any atom is 0.416 e. The fraction of sp³-hybridized carbons (Fsp3) is 0.238. The summed E-state index contributed by atoms with van der Waals surface area (Å²) in [6.45, 7) is 0.0974. The molecule has 2 amide bonds. The summed E-state index contributed by atoms with van der Waals surface area (Å²) in [5.74, 6) is -0.305. The van der Waals surface area contributed by atoms with Crippen LogP contribution >= 0.6 is 0 Å². The lowest BCUT2D eigenvalue weighted by molar-refractivity contribution is -0.137. The van der Waals surface area contributed by atoms with Crippen molar-refractivity contribution in [3.63, 3.8) is 0 Å². The largest absolute Gasteiger partial charge is 0.493 e. The summed E-state index contributed by atoms with van der Waals surface area (Å²) >= 11 is 0. The van der Waals surface area contributed by atoms with Gasteiger partial charge in [0.15, 0.2) is 12.4 Å². The molecule has 0 unspecified atom stereocenters. The van der Waals surface area contributed by atoms with E-state index in [1.54, 1.807) is 18.2 Å². The molecule has 2 aromatic rings. The summed E-state index contributed by atoms with van der Waals surface area (Å²) in [6, 6.07) is 8.19. The van der Waals surface area contributed by atoms with Gasteiger partial charge < -0.3 is 20.1 Å². The molecule has 0 aliphatic carbocycles. The average molecular weight is 418 g/mol. The zero-order valence-corrected chi connectivity index (χ0v) is 15.6. The van der Waals surface area contributed by atoms with Crippen molar-refractivity contribution in [2.75, 3.05) is 23.8 Å². The standard InChI is InChI=1S/C21H17F3N2O4/c22-21(23,24)13-6-7-14-12(3-2-8-29-17(14)10-13)9-18(27)25-15-4-1-5-16-20(15)30-11-19(28)26-16/h1,4-7,9-10H,2-3,8,11H2,(H,25,27)(H,26,28)/b12-9+. The van der Waals surface area contributed by atoms with Crippen molar-refractivity contribution in [2.24, 2.45) is 0 Å². The smallest absolute Gasteiger partial charge is 0.416 e. The molecule has 2 aliphatic heterocycles. The Kier molecular flexibility index (Phi) is 5.11. The summed E-state index contributed by atoms with van der Waals surface area (Å²) < 4.78 is 49.9. The summed E-state index contributed by atoms with van der Waals surface area (Å²) in [5.41, 5.74) is 1.06. The first kappa shape index (κ1) is 19.8. The molecule has 0 saturated heterocycles. The number of hydrogen-bond donors (Lipinski definition) is 2. The van der Waals surface area contributed by atoms with Crippen LogP contribution in [0.2, 0.25) is 0 Å². The Morgan fingerprint density at radius 1 is 1.17 bits per heavy atom. The van der Waals surface area contributed by atoms with Gasteiger partial charge in [0.25, 0.3) is 5.91 Å². The molecule has 0 bridgehead atoms. The molecule has 2 heterocycles. The van der Waals surface area contributed by atoms with E-state index < -0.39 is 17.6 Å². The lowest BCUT2D eigenvalue weighted by Gasteiger charge is -2.20. The van der Waals surface area contributed by atoms with Crippen LogP contribution in [-0.2, 0) is 15.8 Å². The SMILES string of the molecule is O=C(/C=C1\CCCOc2cc(C(F)(F)F)ccc21)Nc1cccc2c1OCC(=O)N2. The van der Waals surface area contributed by atoms with Gasteiger partial charge in [0.05, 0.1) is 23.5 Å². The van der Waals surface area contributed by atoms with Crippen molar-refractivity contribution in [3.8, 4) is 11.5 Å². The van der Waals surface area contributed by atoms with Gasteiger partial charge in [-0.15, -0.1) is 0 Å². The quantitative estimate of drug-likeness (QED) is 0.716. The van der Waals surface area contributed by atoms with Gasteiger partial charge in [0, 0.05) is 11.6 Å². The van der Waals surface area contributed by atoms with E-state index in [2.05, 4.69) is 10.6 Å². The zero-order chi connectivity index (χ0) is 21.3. The lowest BCUT2D eigenvalue weighted by atomic mass is 9.99. The predicted octanol–water partition coefficient (Wildman–Crippen LogP) is 4.23. The molecule has 0 fully saturated rings. The summed E-state index contributed by atoms with van der Waals surface area (Å²) in [5, 5.41) is 5.36. The van der Waals surface area contributed by atoms with Crippen LogP contribution in [0.1, 0.15) is 24.0 Å². The zero-order valence-electron chi connectivity index (χ0n) is 15.6. The molecular weight excluding hydrogens is 401 g/mol. The van der Waals surface area contributed by atoms with Crippen LogP contribution in [-0.4, -0.2) is 25.0 Å². The van der Waals surface area contributed by atoms with Gasteiger partial charge in [-0.25, -0.2) is 0 Å². The number of nitrogens with one attached hydrogen (secondary N) is 2. The normalized spacial score (nSPS) is 17.0. The minimum absolute atomic E-state index is 0.101. The molecule has 0 atom stereocenters. The topological polar surface area (TPSA) is 76.7 Å². The van der Waals surface area contributed by atoms with Crippen LogP contribution in [0.3, 0.4) is 0 Å². The Labute approximate surface area is 169 Å². The number of benzene rings is 2. The second-order valence-corrected chi connectivity index (χ2v) is 6.84. The molecule has 0 spiro atoms. The van der Waals surface area contributed by atoms with Crippen LogP contribution in [0.4, 0.5) is 24.5 Å². The van der Waals surface area contributed by atoms with Gasteiger partial charge in [0.2, 0.25) is 5.91 Å². The Morgan fingerprint density at radius 3 is 2.80 bits per heavy atom. The molecule has 0 saturated carbocycles. The van der Waals surface area contributed by atoms with E-state index in [-0.39, 0.29) is 24.9 Å². The first-order valence-corrected chi connectivity index (χ1v) is 9.23. The molecule has 6 nitrogen and oxygen atoms in total. The molecular formula is C21H17F3N2O4. The molecule has 2 aromatic carbocycles. The van der Waals surface area contributed by atoms with Crippen molar-refractivity contribution in [1.82, 2.24) is 0 Å². The van der Waals surface area contributed by atoms with Gasteiger partial charge in [-0.05, 0) is 42.7 Å². The molecule has 2 N–H and O–H groups in total. The number of para-hydroxylation sites is 1. The van der Waals surface area contributed by atoms with Crippen LogP contribution in [0, 0.1) is 0 Å². The Morgan fingerprint density at radius 2 is 2.00 bits per heavy atom.